The third-order valence-electron chi connectivity index (χ3n) is 2.58. The molecular formula is C13H17Cl2N3. The summed E-state index contributed by atoms with van der Waals surface area (Å²) in [5.41, 5.74) is 2.28. The molecule has 2 rings (SSSR count). The molecule has 1 unspecified atom stereocenters. The van der Waals surface area contributed by atoms with Crippen LogP contribution in [-0.4, -0.2) is 17.0 Å². The molecule has 1 N–H and O–H groups in total. The first-order valence-corrected chi connectivity index (χ1v) is 5.37. The van der Waals surface area contributed by atoms with E-state index in [2.05, 4.69) is 39.6 Å². The molecule has 2 aromatic rings. The van der Waals surface area contributed by atoms with Crippen molar-refractivity contribution in [3.8, 4) is 0 Å². The Hall–Kier alpha value is -1.16. The van der Waals surface area contributed by atoms with Gasteiger partial charge in [-0.05, 0) is 12.6 Å². The summed E-state index contributed by atoms with van der Waals surface area (Å²) in [6.45, 7) is 0. The van der Waals surface area contributed by atoms with E-state index in [4.69, 9.17) is 0 Å². The highest BCUT2D eigenvalue weighted by molar-refractivity contribution is 5.85. The van der Waals surface area contributed by atoms with Crippen LogP contribution in [0.4, 0.5) is 0 Å². The van der Waals surface area contributed by atoms with Gasteiger partial charge in [0.1, 0.15) is 0 Å². The molecule has 0 saturated heterocycles. The molecule has 5 heteroatoms. The van der Waals surface area contributed by atoms with Gasteiger partial charge in [0.25, 0.3) is 0 Å². The van der Waals surface area contributed by atoms with E-state index in [1.165, 1.54) is 5.56 Å². The van der Waals surface area contributed by atoms with E-state index in [1.807, 2.05) is 19.3 Å². The Balaban J connectivity index is 0.00000144. The molecule has 0 aliphatic rings. The van der Waals surface area contributed by atoms with Gasteiger partial charge in [0.2, 0.25) is 0 Å². The van der Waals surface area contributed by atoms with E-state index >= 15 is 0 Å². The molecule has 0 fully saturated rings. The lowest BCUT2D eigenvalue weighted by molar-refractivity contribution is 0.583. The van der Waals surface area contributed by atoms with Crippen molar-refractivity contribution in [3.05, 3.63) is 60.2 Å². The maximum absolute atomic E-state index is 4.29. The summed E-state index contributed by atoms with van der Waals surface area (Å²) in [6, 6.07) is 10.7. The van der Waals surface area contributed by atoms with E-state index in [0.717, 1.165) is 12.1 Å². The van der Waals surface area contributed by atoms with E-state index in [9.17, 15) is 0 Å². The molecule has 1 atom stereocenters. The van der Waals surface area contributed by atoms with E-state index in [1.54, 1.807) is 12.4 Å². The minimum Gasteiger partial charge on any atom is -0.313 e. The summed E-state index contributed by atoms with van der Waals surface area (Å²) in [5.74, 6) is 0. The van der Waals surface area contributed by atoms with Crippen LogP contribution in [0.2, 0.25) is 0 Å². The van der Waals surface area contributed by atoms with Crippen LogP contribution in [0.1, 0.15) is 17.3 Å². The molecule has 1 heterocycles. The average molecular weight is 286 g/mol. The summed E-state index contributed by atoms with van der Waals surface area (Å²) in [4.78, 5) is 8.36. The molecule has 1 aromatic carbocycles. The largest absolute Gasteiger partial charge is 0.313 e. The van der Waals surface area contributed by atoms with Crippen LogP contribution in [0, 0.1) is 0 Å². The average Bonchev–Trinajstić information content (AvgIpc) is 2.38. The van der Waals surface area contributed by atoms with E-state index < -0.39 is 0 Å². The van der Waals surface area contributed by atoms with Crippen molar-refractivity contribution in [3.63, 3.8) is 0 Å². The number of likely N-dealkylation sites (N-methyl/N-ethyl adjacent to an activating group) is 1. The summed E-state index contributed by atoms with van der Waals surface area (Å²) in [6.07, 6.45) is 6.09. The second-order valence-electron chi connectivity index (χ2n) is 3.65. The topological polar surface area (TPSA) is 37.8 Å². The van der Waals surface area contributed by atoms with E-state index in [-0.39, 0.29) is 30.9 Å². The summed E-state index contributed by atoms with van der Waals surface area (Å²) >= 11 is 0. The quantitative estimate of drug-likeness (QED) is 0.939. The predicted molar refractivity (Wildman–Crippen MR) is 78.5 cm³/mol. The lowest BCUT2D eigenvalue weighted by Crippen LogP contribution is -2.19. The monoisotopic (exact) mass is 285 g/mol. The zero-order valence-corrected chi connectivity index (χ0v) is 11.7. The maximum Gasteiger partial charge on any atom is 0.0605 e. The molecule has 0 radical (unpaired) electrons. The molecule has 0 aliphatic carbocycles. The standard InChI is InChI=1S/C13H15N3.2ClH/c1-14-13(11-5-3-2-4-6-11)9-12-10-15-7-8-16-12;;/h2-8,10,13-14H,9H2,1H3;2*1H. The fraction of sp³-hybridized carbons (Fsp3) is 0.231. The number of benzene rings is 1. The van der Waals surface area contributed by atoms with Crippen molar-refractivity contribution < 1.29 is 0 Å². The molecule has 0 spiro atoms. The number of hydrogen-bond acceptors (Lipinski definition) is 3. The second kappa shape index (κ2) is 8.86. The zero-order chi connectivity index (χ0) is 11.2. The predicted octanol–water partition coefficient (Wildman–Crippen LogP) is 2.82. The fourth-order valence-electron chi connectivity index (χ4n) is 1.72. The Bertz CT molecular complexity index is 423. The number of halogens is 2. The van der Waals surface area contributed by atoms with Crippen LogP contribution < -0.4 is 5.32 Å². The van der Waals surface area contributed by atoms with Crippen LogP contribution in [0.15, 0.2) is 48.9 Å². The number of aromatic nitrogens is 2. The Morgan fingerprint density at radius 3 is 2.39 bits per heavy atom. The Morgan fingerprint density at radius 1 is 1.11 bits per heavy atom. The zero-order valence-electron chi connectivity index (χ0n) is 10.1. The molecule has 3 nitrogen and oxygen atoms in total. The molecule has 0 saturated carbocycles. The smallest absolute Gasteiger partial charge is 0.0605 e. The van der Waals surface area contributed by atoms with Crippen LogP contribution >= 0.6 is 24.8 Å². The van der Waals surface area contributed by atoms with Crippen LogP contribution in [0.5, 0.6) is 0 Å². The maximum atomic E-state index is 4.29. The molecule has 18 heavy (non-hydrogen) atoms. The highest BCUT2D eigenvalue weighted by Crippen LogP contribution is 2.15. The van der Waals surface area contributed by atoms with Crippen LogP contribution in [-0.2, 0) is 6.42 Å². The number of rotatable bonds is 4. The summed E-state index contributed by atoms with van der Waals surface area (Å²) in [5, 5.41) is 3.30. The third-order valence-corrected chi connectivity index (χ3v) is 2.58. The SMILES string of the molecule is CNC(Cc1cnccn1)c1ccccc1.Cl.Cl. The molecule has 98 valence electrons. The van der Waals surface area contributed by atoms with Gasteiger partial charge >= 0.3 is 0 Å². The highest BCUT2D eigenvalue weighted by atomic mass is 35.5. The van der Waals surface area contributed by atoms with Gasteiger partial charge in [-0.3, -0.25) is 9.97 Å². The van der Waals surface area contributed by atoms with Gasteiger partial charge < -0.3 is 5.32 Å². The van der Waals surface area contributed by atoms with Gasteiger partial charge in [-0.25, -0.2) is 0 Å². The lowest BCUT2D eigenvalue weighted by Gasteiger charge is -2.15. The van der Waals surface area contributed by atoms with Crippen molar-refractivity contribution in [2.75, 3.05) is 7.05 Å². The minimum absolute atomic E-state index is 0. The second-order valence-corrected chi connectivity index (χ2v) is 3.65. The molecule has 0 bridgehead atoms. The van der Waals surface area contributed by atoms with Crippen LogP contribution in [0.25, 0.3) is 0 Å². The third kappa shape index (κ3) is 4.61. The first-order valence-electron chi connectivity index (χ1n) is 5.37. The molecule has 1 aromatic heterocycles. The van der Waals surface area contributed by atoms with Gasteiger partial charge in [-0.2, -0.15) is 0 Å². The molecular weight excluding hydrogens is 269 g/mol. The van der Waals surface area contributed by atoms with E-state index in [0.29, 0.717) is 0 Å². The molecule has 0 aliphatic heterocycles. The van der Waals surface area contributed by atoms with Gasteiger partial charge in [0.05, 0.1) is 5.69 Å². The van der Waals surface area contributed by atoms with Crippen molar-refractivity contribution in [2.24, 2.45) is 0 Å². The van der Waals surface area contributed by atoms with Crippen molar-refractivity contribution >= 4 is 24.8 Å². The first kappa shape index (κ1) is 16.8. The lowest BCUT2D eigenvalue weighted by atomic mass is 10.0. The van der Waals surface area contributed by atoms with Gasteiger partial charge in [0, 0.05) is 31.1 Å². The van der Waals surface area contributed by atoms with Crippen LogP contribution in [0.3, 0.4) is 0 Å². The van der Waals surface area contributed by atoms with Crippen molar-refractivity contribution in [1.82, 2.24) is 15.3 Å². The highest BCUT2D eigenvalue weighted by Gasteiger charge is 2.09. The number of nitrogens with one attached hydrogen (secondary N) is 1. The number of nitrogens with zero attached hydrogens (tertiary/aromatic N) is 2. The number of hydrogen-bond donors (Lipinski definition) is 1. The van der Waals surface area contributed by atoms with Crippen molar-refractivity contribution in [1.29, 1.82) is 0 Å². The first-order chi connectivity index (χ1) is 7.90. The molecule has 0 amide bonds. The summed E-state index contributed by atoms with van der Waals surface area (Å²) < 4.78 is 0. The Labute approximate surface area is 120 Å². The van der Waals surface area contributed by atoms with Gasteiger partial charge in [0.15, 0.2) is 0 Å². The normalized spacial score (nSPS) is 10.9. The van der Waals surface area contributed by atoms with Gasteiger partial charge in [-0.1, -0.05) is 30.3 Å². The van der Waals surface area contributed by atoms with Crippen molar-refractivity contribution in [2.45, 2.75) is 12.5 Å². The Kier molecular flexibility index (Phi) is 8.29. The Morgan fingerprint density at radius 2 is 1.83 bits per heavy atom. The minimum atomic E-state index is 0. The van der Waals surface area contributed by atoms with Gasteiger partial charge in [-0.15, -0.1) is 24.8 Å². The summed E-state index contributed by atoms with van der Waals surface area (Å²) in [7, 11) is 1.97. The fourth-order valence-corrected chi connectivity index (χ4v) is 1.72.